The summed E-state index contributed by atoms with van der Waals surface area (Å²) < 4.78 is 16.7. The fourth-order valence-electron chi connectivity index (χ4n) is 3.22. The van der Waals surface area contributed by atoms with Gasteiger partial charge in [-0.1, -0.05) is 44.5 Å². The van der Waals surface area contributed by atoms with Crippen molar-refractivity contribution < 1.29 is 19.0 Å². The number of amides is 1. The molecule has 3 rings (SSSR count). The molecule has 0 aliphatic rings. The highest BCUT2D eigenvalue weighted by Gasteiger charge is 2.15. The molecule has 1 N–H and O–H groups in total. The Kier molecular flexibility index (Phi) is 7.31. The molecule has 6 heteroatoms. The Balaban J connectivity index is 1.76. The van der Waals surface area contributed by atoms with E-state index >= 15 is 0 Å². The lowest BCUT2D eigenvalue weighted by atomic mass is 9.87. The third-order valence-corrected chi connectivity index (χ3v) is 5.30. The number of carbonyl (C=O) groups excluding carboxylic acids is 1. The minimum Gasteiger partial charge on any atom is -0.496 e. The van der Waals surface area contributed by atoms with Crippen LogP contribution in [0.4, 0.5) is 5.69 Å². The van der Waals surface area contributed by atoms with E-state index in [1.54, 1.807) is 43.5 Å². The highest BCUT2D eigenvalue weighted by molar-refractivity contribution is 6.31. The van der Waals surface area contributed by atoms with E-state index in [1.165, 1.54) is 12.7 Å². The Hall–Kier alpha value is -3.18. The molecular weight excluding hydrogens is 426 g/mol. The van der Waals surface area contributed by atoms with E-state index in [4.69, 9.17) is 25.8 Å². The second kappa shape index (κ2) is 9.96. The van der Waals surface area contributed by atoms with Crippen LogP contribution in [-0.2, 0) is 12.0 Å². The molecule has 32 heavy (non-hydrogen) atoms. The summed E-state index contributed by atoms with van der Waals surface area (Å²) in [6.07, 6.45) is 0. The normalized spacial score (nSPS) is 11.1. The monoisotopic (exact) mass is 453 g/mol. The van der Waals surface area contributed by atoms with Gasteiger partial charge in [0.2, 0.25) is 0 Å². The van der Waals surface area contributed by atoms with Crippen molar-refractivity contribution in [3.63, 3.8) is 0 Å². The van der Waals surface area contributed by atoms with E-state index in [-0.39, 0.29) is 17.9 Å². The van der Waals surface area contributed by atoms with Crippen LogP contribution in [0, 0.1) is 0 Å². The van der Waals surface area contributed by atoms with Crippen molar-refractivity contribution >= 4 is 23.2 Å². The number of rotatable bonds is 7. The van der Waals surface area contributed by atoms with Gasteiger partial charge in [0.15, 0.2) is 0 Å². The lowest BCUT2D eigenvalue weighted by Gasteiger charge is -2.19. The molecular formula is C26H28ClNO4. The zero-order chi connectivity index (χ0) is 23.3. The molecule has 168 valence electrons. The molecule has 0 aliphatic heterocycles. The van der Waals surface area contributed by atoms with Crippen LogP contribution in [0.15, 0.2) is 60.7 Å². The smallest absolute Gasteiger partial charge is 0.255 e. The zero-order valence-corrected chi connectivity index (χ0v) is 19.7. The summed E-state index contributed by atoms with van der Waals surface area (Å²) in [5.74, 6) is 1.63. The van der Waals surface area contributed by atoms with Crippen molar-refractivity contribution in [3.8, 4) is 17.2 Å². The van der Waals surface area contributed by atoms with E-state index in [0.717, 1.165) is 11.3 Å². The van der Waals surface area contributed by atoms with Crippen molar-refractivity contribution in [1.82, 2.24) is 0 Å². The third kappa shape index (κ3) is 5.74. The first-order chi connectivity index (χ1) is 15.2. The molecule has 0 atom stereocenters. The van der Waals surface area contributed by atoms with Gasteiger partial charge in [-0.15, -0.1) is 0 Å². The maximum Gasteiger partial charge on any atom is 0.255 e. The first-order valence-electron chi connectivity index (χ1n) is 10.3. The minimum absolute atomic E-state index is 0.0785. The van der Waals surface area contributed by atoms with Crippen molar-refractivity contribution in [3.05, 3.63) is 82.4 Å². The number of nitrogens with one attached hydrogen (secondary N) is 1. The Morgan fingerprint density at radius 3 is 2.19 bits per heavy atom. The number of anilines is 1. The van der Waals surface area contributed by atoms with Gasteiger partial charge in [-0.2, -0.15) is 0 Å². The molecule has 0 spiro atoms. The fraction of sp³-hybridized carbons (Fsp3) is 0.269. The Bertz CT molecular complexity index is 1090. The van der Waals surface area contributed by atoms with E-state index in [0.29, 0.717) is 27.8 Å². The van der Waals surface area contributed by atoms with Crippen molar-refractivity contribution in [2.75, 3.05) is 19.5 Å². The van der Waals surface area contributed by atoms with E-state index in [9.17, 15) is 4.79 Å². The molecule has 0 aromatic heterocycles. The van der Waals surface area contributed by atoms with Crippen LogP contribution < -0.4 is 19.5 Å². The van der Waals surface area contributed by atoms with Crippen LogP contribution in [0.25, 0.3) is 0 Å². The molecule has 0 radical (unpaired) electrons. The number of halogens is 1. The van der Waals surface area contributed by atoms with Gasteiger partial charge in [0.05, 0.1) is 19.9 Å². The molecule has 0 heterocycles. The predicted molar refractivity (Wildman–Crippen MR) is 128 cm³/mol. The number of methoxy groups -OCH3 is 2. The largest absolute Gasteiger partial charge is 0.496 e. The average Bonchev–Trinajstić information content (AvgIpc) is 2.77. The van der Waals surface area contributed by atoms with Gasteiger partial charge in [-0.25, -0.2) is 0 Å². The number of benzene rings is 3. The fourth-order valence-corrected chi connectivity index (χ4v) is 3.39. The van der Waals surface area contributed by atoms with Crippen LogP contribution in [0.1, 0.15) is 42.3 Å². The van der Waals surface area contributed by atoms with Crippen LogP contribution in [-0.4, -0.2) is 20.1 Å². The zero-order valence-electron chi connectivity index (χ0n) is 19.0. The highest BCUT2D eigenvalue weighted by Crippen LogP contribution is 2.29. The predicted octanol–water partition coefficient (Wildman–Crippen LogP) is 6.49. The number of ether oxygens (including phenoxy) is 3. The molecule has 1 amide bonds. The maximum atomic E-state index is 12.9. The summed E-state index contributed by atoms with van der Waals surface area (Å²) in [6, 6.07) is 18.3. The summed E-state index contributed by atoms with van der Waals surface area (Å²) in [5, 5.41) is 3.35. The second-order valence-electron chi connectivity index (χ2n) is 8.39. The van der Waals surface area contributed by atoms with E-state index < -0.39 is 0 Å². The summed E-state index contributed by atoms with van der Waals surface area (Å²) in [5.41, 5.74) is 3.04. The first-order valence-corrected chi connectivity index (χ1v) is 10.6. The SMILES string of the molecule is COc1ccc(C(=O)Nc2cc(Cl)ccc2OC)cc1COc1ccc(C(C)(C)C)cc1. The lowest BCUT2D eigenvalue weighted by molar-refractivity contribution is 0.102. The van der Waals surface area contributed by atoms with Gasteiger partial charge in [-0.05, 0) is 59.5 Å². The molecule has 0 saturated heterocycles. The van der Waals surface area contributed by atoms with Gasteiger partial charge in [-0.3, -0.25) is 4.79 Å². The Labute approximate surface area is 194 Å². The summed E-state index contributed by atoms with van der Waals surface area (Å²) in [4.78, 5) is 12.9. The standard InChI is InChI=1S/C26H28ClNO4/c1-26(2,3)19-7-10-21(11-8-19)32-16-18-14-17(6-12-23(18)30-4)25(29)28-22-15-20(27)9-13-24(22)31-5/h6-15H,16H2,1-5H3,(H,28,29). The summed E-state index contributed by atoms with van der Waals surface area (Å²) >= 11 is 6.06. The summed E-state index contributed by atoms with van der Waals surface area (Å²) in [6.45, 7) is 6.77. The molecule has 0 unspecified atom stereocenters. The van der Waals surface area contributed by atoms with Crippen molar-refractivity contribution in [1.29, 1.82) is 0 Å². The minimum atomic E-state index is -0.288. The van der Waals surface area contributed by atoms with Gasteiger partial charge in [0, 0.05) is 16.1 Å². The van der Waals surface area contributed by atoms with Crippen LogP contribution >= 0.6 is 11.6 Å². The molecule has 0 bridgehead atoms. The molecule has 0 saturated carbocycles. The topological polar surface area (TPSA) is 56.8 Å². The molecule has 3 aromatic rings. The lowest BCUT2D eigenvalue weighted by Crippen LogP contribution is -2.13. The van der Waals surface area contributed by atoms with Gasteiger partial charge in [0.1, 0.15) is 23.9 Å². The molecule has 0 fully saturated rings. The van der Waals surface area contributed by atoms with E-state index in [2.05, 4.69) is 38.2 Å². The number of hydrogen-bond acceptors (Lipinski definition) is 4. The summed E-state index contributed by atoms with van der Waals surface area (Å²) in [7, 11) is 3.13. The van der Waals surface area contributed by atoms with Gasteiger partial charge >= 0.3 is 0 Å². The Morgan fingerprint density at radius 2 is 1.56 bits per heavy atom. The van der Waals surface area contributed by atoms with Gasteiger partial charge < -0.3 is 19.5 Å². The van der Waals surface area contributed by atoms with Crippen LogP contribution in [0.2, 0.25) is 5.02 Å². The van der Waals surface area contributed by atoms with E-state index in [1.807, 2.05) is 12.1 Å². The third-order valence-electron chi connectivity index (χ3n) is 5.07. The quantitative estimate of drug-likeness (QED) is 0.444. The molecule has 0 aliphatic carbocycles. The molecule has 3 aromatic carbocycles. The van der Waals surface area contributed by atoms with Crippen LogP contribution in [0.3, 0.4) is 0 Å². The maximum absolute atomic E-state index is 12.9. The average molecular weight is 454 g/mol. The Morgan fingerprint density at radius 1 is 0.906 bits per heavy atom. The van der Waals surface area contributed by atoms with Crippen LogP contribution in [0.5, 0.6) is 17.2 Å². The van der Waals surface area contributed by atoms with Gasteiger partial charge in [0.25, 0.3) is 5.91 Å². The number of hydrogen-bond donors (Lipinski definition) is 1. The van der Waals surface area contributed by atoms with Crippen molar-refractivity contribution in [2.45, 2.75) is 32.8 Å². The van der Waals surface area contributed by atoms with Crippen molar-refractivity contribution in [2.24, 2.45) is 0 Å². The second-order valence-corrected chi connectivity index (χ2v) is 8.82. The first kappa shape index (κ1) is 23.5. The number of carbonyl (C=O) groups is 1. The molecule has 5 nitrogen and oxygen atoms in total. The highest BCUT2D eigenvalue weighted by atomic mass is 35.5.